The maximum atomic E-state index is 12.3. The lowest BCUT2D eigenvalue weighted by molar-refractivity contribution is -0.120. The molecule has 0 radical (unpaired) electrons. The molecular formula is C20H17N5O2S. The average molecular weight is 391 g/mol. The number of benzene rings is 2. The summed E-state index contributed by atoms with van der Waals surface area (Å²) in [7, 11) is 0. The van der Waals surface area contributed by atoms with Gasteiger partial charge >= 0.3 is 0 Å². The highest BCUT2D eigenvalue weighted by atomic mass is 32.2. The fourth-order valence-corrected chi connectivity index (χ4v) is 3.45. The first-order chi connectivity index (χ1) is 13.7. The van der Waals surface area contributed by atoms with E-state index in [1.165, 1.54) is 22.3 Å². The number of aromatic amines is 1. The van der Waals surface area contributed by atoms with Gasteiger partial charge in [-0.15, -0.1) is 0 Å². The number of carbonyl (C=O) groups is 1. The molecule has 0 saturated heterocycles. The van der Waals surface area contributed by atoms with Crippen molar-refractivity contribution in [3.63, 3.8) is 0 Å². The van der Waals surface area contributed by atoms with E-state index < -0.39 is 0 Å². The molecule has 0 bridgehead atoms. The predicted octanol–water partition coefficient (Wildman–Crippen LogP) is 2.43. The van der Waals surface area contributed by atoms with Crippen molar-refractivity contribution in [1.29, 1.82) is 0 Å². The Balaban J connectivity index is 1.47. The second kappa shape index (κ2) is 8.10. The second-order valence-electron chi connectivity index (χ2n) is 6.10. The van der Waals surface area contributed by atoms with Gasteiger partial charge in [-0.2, -0.15) is 9.50 Å². The lowest BCUT2D eigenvalue weighted by atomic mass is 10.2. The van der Waals surface area contributed by atoms with Crippen molar-refractivity contribution in [2.24, 2.45) is 0 Å². The van der Waals surface area contributed by atoms with Crippen molar-refractivity contribution in [1.82, 2.24) is 24.9 Å². The molecule has 0 saturated carbocycles. The van der Waals surface area contributed by atoms with Gasteiger partial charge in [0.1, 0.15) is 0 Å². The van der Waals surface area contributed by atoms with Crippen molar-refractivity contribution in [2.45, 2.75) is 23.0 Å². The summed E-state index contributed by atoms with van der Waals surface area (Å²) in [5, 5.41) is 6.32. The van der Waals surface area contributed by atoms with Crippen LogP contribution in [-0.4, -0.2) is 25.5 Å². The molecule has 0 aliphatic rings. The molecule has 140 valence electrons. The standard InChI is InChI=1S/C20H17N5O2S/c26-17(21-13-14-7-3-1-4-8-14)11-15-12-18(27)25-19(22-15)23-20(24-25)28-16-9-5-2-6-10-16/h1-10,12H,11,13H2,(H,21,26)(H,22,23,24). The molecule has 0 spiro atoms. The Labute approximate surface area is 164 Å². The molecule has 2 aromatic carbocycles. The lowest BCUT2D eigenvalue weighted by Gasteiger charge is -2.05. The summed E-state index contributed by atoms with van der Waals surface area (Å²) in [6.45, 7) is 0.432. The van der Waals surface area contributed by atoms with Gasteiger partial charge in [-0.25, -0.2) is 4.98 Å². The van der Waals surface area contributed by atoms with Gasteiger partial charge in [-0.05, 0) is 17.7 Å². The van der Waals surface area contributed by atoms with Gasteiger partial charge in [0.2, 0.25) is 5.91 Å². The van der Waals surface area contributed by atoms with Crippen LogP contribution in [0.1, 0.15) is 11.3 Å². The molecule has 7 nitrogen and oxygen atoms in total. The highest BCUT2D eigenvalue weighted by Crippen LogP contribution is 2.23. The molecule has 0 atom stereocenters. The fourth-order valence-electron chi connectivity index (χ4n) is 2.67. The quantitative estimate of drug-likeness (QED) is 0.527. The van der Waals surface area contributed by atoms with E-state index in [1.807, 2.05) is 60.7 Å². The summed E-state index contributed by atoms with van der Waals surface area (Å²) in [6, 6.07) is 20.7. The van der Waals surface area contributed by atoms with E-state index in [9.17, 15) is 9.59 Å². The van der Waals surface area contributed by atoms with Crippen molar-refractivity contribution < 1.29 is 4.79 Å². The van der Waals surface area contributed by atoms with Gasteiger partial charge in [0.15, 0.2) is 5.16 Å². The maximum Gasteiger partial charge on any atom is 0.274 e. The van der Waals surface area contributed by atoms with E-state index in [1.54, 1.807) is 0 Å². The molecule has 2 N–H and O–H groups in total. The van der Waals surface area contributed by atoms with E-state index >= 15 is 0 Å². The molecular weight excluding hydrogens is 374 g/mol. The normalized spacial score (nSPS) is 10.9. The minimum absolute atomic E-state index is 0.0204. The number of hydrogen-bond donors (Lipinski definition) is 2. The van der Waals surface area contributed by atoms with Crippen molar-refractivity contribution in [3.8, 4) is 0 Å². The summed E-state index contributed by atoms with van der Waals surface area (Å²) < 4.78 is 1.27. The molecule has 8 heteroatoms. The van der Waals surface area contributed by atoms with Crippen LogP contribution < -0.4 is 10.9 Å². The molecule has 0 aliphatic carbocycles. The van der Waals surface area contributed by atoms with E-state index in [-0.39, 0.29) is 23.7 Å². The van der Waals surface area contributed by atoms with E-state index in [0.29, 0.717) is 17.4 Å². The summed E-state index contributed by atoms with van der Waals surface area (Å²) >= 11 is 1.40. The Morgan fingerprint density at radius 2 is 1.75 bits per heavy atom. The highest BCUT2D eigenvalue weighted by Gasteiger charge is 2.11. The van der Waals surface area contributed by atoms with Gasteiger partial charge in [-0.1, -0.05) is 60.3 Å². The van der Waals surface area contributed by atoms with Crippen LogP contribution in [0.25, 0.3) is 5.78 Å². The van der Waals surface area contributed by atoms with Gasteiger partial charge in [0.25, 0.3) is 11.3 Å². The van der Waals surface area contributed by atoms with Crippen LogP contribution in [0, 0.1) is 0 Å². The molecule has 1 amide bonds. The molecule has 4 aromatic rings. The molecule has 0 unspecified atom stereocenters. The third-order valence-corrected chi connectivity index (χ3v) is 4.88. The first kappa shape index (κ1) is 18.0. The number of rotatable bonds is 6. The van der Waals surface area contributed by atoms with E-state index in [2.05, 4.69) is 20.4 Å². The number of carbonyl (C=O) groups excluding carboxylic acids is 1. The number of hydrogen-bond acceptors (Lipinski definition) is 5. The Bertz CT molecular complexity index is 1160. The number of amides is 1. The first-order valence-corrected chi connectivity index (χ1v) is 9.51. The van der Waals surface area contributed by atoms with Crippen LogP contribution in [0.2, 0.25) is 0 Å². The Morgan fingerprint density at radius 1 is 1.04 bits per heavy atom. The zero-order valence-corrected chi connectivity index (χ0v) is 15.6. The Hall–Kier alpha value is -3.39. The van der Waals surface area contributed by atoms with Crippen molar-refractivity contribution >= 4 is 23.4 Å². The fraction of sp³-hybridized carbons (Fsp3) is 0.100. The van der Waals surface area contributed by atoms with Crippen LogP contribution in [0.3, 0.4) is 0 Å². The van der Waals surface area contributed by atoms with Crippen molar-refractivity contribution in [3.05, 3.63) is 88.3 Å². The topological polar surface area (TPSA) is 92.1 Å². The predicted molar refractivity (Wildman–Crippen MR) is 106 cm³/mol. The molecule has 4 rings (SSSR count). The van der Waals surface area contributed by atoms with Crippen molar-refractivity contribution in [2.75, 3.05) is 0 Å². The lowest BCUT2D eigenvalue weighted by Crippen LogP contribution is -2.26. The van der Waals surface area contributed by atoms with Gasteiger partial charge in [0.05, 0.1) is 12.1 Å². The first-order valence-electron chi connectivity index (χ1n) is 8.69. The minimum atomic E-state index is -0.303. The maximum absolute atomic E-state index is 12.3. The Kier molecular flexibility index (Phi) is 5.20. The molecule has 0 fully saturated rings. The van der Waals surface area contributed by atoms with E-state index in [4.69, 9.17) is 0 Å². The number of nitrogens with zero attached hydrogens (tertiary/aromatic N) is 3. The molecule has 0 aliphatic heterocycles. The van der Waals surface area contributed by atoms with Crippen LogP contribution in [0.5, 0.6) is 0 Å². The summed E-state index contributed by atoms with van der Waals surface area (Å²) in [5.41, 5.74) is 1.09. The molecule has 28 heavy (non-hydrogen) atoms. The van der Waals surface area contributed by atoms with Gasteiger partial charge < -0.3 is 5.32 Å². The van der Waals surface area contributed by atoms with Crippen LogP contribution >= 0.6 is 11.8 Å². The zero-order valence-electron chi connectivity index (χ0n) is 14.8. The highest BCUT2D eigenvalue weighted by molar-refractivity contribution is 7.99. The van der Waals surface area contributed by atoms with E-state index in [0.717, 1.165) is 10.5 Å². The van der Waals surface area contributed by atoms with Crippen LogP contribution in [-0.2, 0) is 17.8 Å². The van der Waals surface area contributed by atoms with Gasteiger partial charge in [-0.3, -0.25) is 14.7 Å². The molecule has 2 aromatic heterocycles. The molecule has 2 heterocycles. The minimum Gasteiger partial charge on any atom is -0.352 e. The second-order valence-corrected chi connectivity index (χ2v) is 7.17. The van der Waals surface area contributed by atoms with Crippen LogP contribution in [0.15, 0.2) is 81.6 Å². The van der Waals surface area contributed by atoms with Gasteiger partial charge in [0, 0.05) is 17.5 Å². The third-order valence-electron chi connectivity index (χ3n) is 3.99. The number of H-pyrrole nitrogens is 1. The smallest absolute Gasteiger partial charge is 0.274 e. The average Bonchev–Trinajstić information content (AvgIpc) is 3.11. The third kappa shape index (κ3) is 4.29. The Morgan fingerprint density at radius 3 is 2.50 bits per heavy atom. The SMILES string of the molecule is O=C(Cc1cc(=O)n2[nH]c(Sc3ccccc3)nc2n1)NCc1ccccc1. The number of nitrogens with one attached hydrogen (secondary N) is 2. The zero-order chi connectivity index (χ0) is 19.3. The van der Waals surface area contributed by atoms with Crippen LogP contribution in [0.4, 0.5) is 0 Å². The largest absolute Gasteiger partial charge is 0.352 e. The summed E-state index contributed by atoms with van der Waals surface area (Å²) in [6.07, 6.45) is 0.0204. The number of fused-ring (bicyclic) bond motifs is 1. The number of aromatic nitrogens is 4. The summed E-state index contributed by atoms with van der Waals surface area (Å²) in [5.74, 6) is 0.0475. The summed E-state index contributed by atoms with van der Waals surface area (Å²) in [4.78, 5) is 34.2. The monoisotopic (exact) mass is 391 g/mol.